The summed E-state index contributed by atoms with van der Waals surface area (Å²) in [7, 11) is 1.91. The van der Waals surface area contributed by atoms with Gasteiger partial charge in [-0.1, -0.05) is 23.5 Å². The molecule has 0 bridgehead atoms. The summed E-state index contributed by atoms with van der Waals surface area (Å²) in [6.07, 6.45) is 0. The molecule has 0 atom stereocenters. The minimum Gasteiger partial charge on any atom is -0.313 e. The average Bonchev–Trinajstić information content (AvgIpc) is 2.67. The van der Waals surface area contributed by atoms with Gasteiger partial charge < -0.3 is 5.32 Å². The Hall–Kier alpha value is -0.530. The summed E-state index contributed by atoms with van der Waals surface area (Å²) in [5, 5.41) is 13.4. The third-order valence-electron chi connectivity index (χ3n) is 1.87. The van der Waals surface area contributed by atoms with Crippen LogP contribution in [0.4, 0.5) is 0 Å². The molecule has 5 heteroatoms. The number of nitrogens with one attached hydrogen (secondary N) is 1. The third-order valence-corrected chi connectivity index (χ3v) is 3.51. The Labute approximate surface area is 106 Å². The van der Waals surface area contributed by atoms with Crippen molar-refractivity contribution in [2.24, 2.45) is 0 Å². The van der Waals surface area contributed by atoms with Gasteiger partial charge in [-0.15, -0.1) is 10.2 Å². The van der Waals surface area contributed by atoms with Gasteiger partial charge in [0.05, 0.1) is 0 Å². The molecule has 1 heterocycles. The SMILES string of the molecule is CNCc1nnc(-c2cccc(I)c2)s1. The molecule has 0 fully saturated rings. The van der Waals surface area contributed by atoms with Crippen molar-refractivity contribution in [3.8, 4) is 10.6 Å². The fourth-order valence-corrected chi connectivity index (χ4v) is 2.61. The van der Waals surface area contributed by atoms with Crippen molar-refractivity contribution in [2.45, 2.75) is 6.54 Å². The van der Waals surface area contributed by atoms with Crippen LogP contribution in [-0.4, -0.2) is 17.2 Å². The van der Waals surface area contributed by atoms with Gasteiger partial charge in [0.15, 0.2) is 0 Å². The van der Waals surface area contributed by atoms with E-state index in [1.165, 1.54) is 3.57 Å². The van der Waals surface area contributed by atoms with Gasteiger partial charge in [-0.25, -0.2) is 0 Å². The molecule has 1 aromatic carbocycles. The highest BCUT2D eigenvalue weighted by molar-refractivity contribution is 14.1. The molecule has 1 N–H and O–H groups in total. The molecule has 0 saturated heterocycles. The second-order valence-corrected chi connectivity index (χ2v) is 5.35. The molecular formula is C10H10IN3S. The number of aromatic nitrogens is 2. The molecule has 0 aliphatic carbocycles. The van der Waals surface area contributed by atoms with E-state index in [0.717, 1.165) is 22.1 Å². The zero-order valence-electron chi connectivity index (χ0n) is 8.20. The van der Waals surface area contributed by atoms with Gasteiger partial charge in [-0.3, -0.25) is 0 Å². The Bertz CT molecular complexity index is 455. The molecule has 0 radical (unpaired) electrons. The van der Waals surface area contributed by atoms with Crippen LogP contribution in [0.3, 0.4) is 0 Å². The summed E-state index contributed by atoms with van der Waals surface area (Å²) in [4.78, 5) is 0. The molecule has 1 aromatic heterocycles. The summed E-state index contributed by atoms with van der Waals surface area (Å²) in [5.74, 6) is 0. The van der Waals surface area contributed by atoms with Crippen molar-refractivity contribution in [3.63, 3.8) is 0 Å². The van der Waals surface area contributed by atoms with Crippen LogP contribution in [0.1, 0.15) is 5.01 Å². The van der Waals surface area contributed by atoms with E-state index in [4.69, 9.17) is 0 Å². The van der Waals surface area contributed by atoms with Crippen LogP contribution in [0.25, 0.3) is 10.6 Å². The van der Waals surface area contributed by atoms with Crippen molar-refractivity contribution >= 4 is 33.9 Å². The lowest BCUT2D eigenvalue weighted by Crippen LogP contribution is -2.04. The molecule has 2 rings (SSSR count). The summed E-state index contributed by atoms with van der Waals surface area (Å²) < 4.78 is 1.22. The van der Waals surface area contributed by atoms with Crippen LogP contribution >= 0.6 is 33.9 Å². The van der Waals surface area contributed by atoms with Gasteiger partial charge in [0, 0.05) is 15.7 Å². The standard InChI is InChI=1S/C10H10IN3S/c1-12-6-9-13-14-10(15-9)7-3-2-4-8(11)5-7/h2-5,12H,6H2,1H3. The Morgan fingerprint density at radius 1 is 1.40 bits per heavy atom. The first-order chi connectivity index (χ1) is 7.29. The van der Waals surface area contributed by atoms with E-state index in [-0.39, 0.29) is 0 Å². The first-order valence-electron chi connectivity index (χ1n) is 4.52. The fourth-order valence-electron chi connectivity index (χ4n) is 1.21. The largest absolute Gasteiger partial charge is 0.313 e. The van der Waals surface area contributed by atoms with Crippen LogP contribution in [-0.2, 0) is 6.54 Å². The molecule has 0 saturated carbocycles. The predicted octanol–water partition coefficient (Wildman–Crippen LogP) is 2.53. The molecule has 3 nitrogen and oxygen atoms in total. The van der Waals surface area contributed by atoms with Crippen LogP contribution in [0.5, 0.6) is 0 Å². The maximum Gasteiger partial charge on any atom is 0.147 e. The first-order valence-corrected chi connectivity index (χ1v) is 6.42. The van der Waals surface area contributed by atoms with E-state index in [0.29, 0.717) is 0 Å². The fraction of sp³-hybridized carbons (Fsp3) is 0.200. The summed E-state index contributed by atoms with van der Waals surface area (Å²) in [5.41, 5.74) is 1.14. The van der Waals surface area contributed by atoms with Crippen molar-refractivity contribution in [3.05, 3.63) is 32.8 Å². The lowest BCUT2D eigenvalue weighted by atomic mass is 10.2. The first kappa shape index (κ1) is 11.0. The molecule has 2 aromatic rings. The smallest absolute Gasteiger partial charge is 0.147 e. The predicted molar refractivity (Wildman–Crippen MR) is 70.8 cm³/mol. The molecule has 0 aliphatic rings. The zero-order chi connectivity index (χ0) is 10.7. The van der Waals surface area contributed by atoms with Gasteiger partial charge in [-0.2, -0.15) is 0 Å². The minimum atomic E-state index is 0.779. The van der Waals surface area contributed by atoms with Crippen LogP contribution in [0, 0.1) is 3.57 Å². The highest BCUT2D eigenvalue weighted by Crippen LogP contribution is 2.24. The van der Waals surface area contributed by atoms with Gasteiger partial charge in [-0.05, 0) is 41.8 Å². The van der Waals surface area contributed by atoms with Crippen LogP contribution < -0.4 is 5.32 Å². The molecule has 15 heavy (non-hydrogen) atoms. The number of hydrogen-bond donors (Lipinski definition) is 1. The Morgan fingerprint density at radius 2 is 2.27 bits per heavy atom. The van der Waals surface area contributed by atoms with E-state index in [1.54, 1.807) is 11.3 Å². The van der Waals surface area contributed by atoms with E-state index in [1.807, 2.05) is 13.1 Å². The summed E-state index contributed by atoms with van der Waals surface area (Å²) in [6, 6.07) is 8.28. The van der Waals surface area contributed by atoms with Crippen molar-refractivity contribution in [2.75, 3.05) is 7.05 Å². The second kappa shape index (κ2) is 5.00. The number of benzene rings is 1. The highest BCUT2D eigenvalue weighted by Gasteiger charge is 2.05. The van der Waals surface area contributed by atoms with Gasteiger partial charge >= 0.3 is 0 Å². The van der Waals surface area contributed by atoms with E-state index < -0.39 is 0 Å². The number of hydrogen-bond acceptors (Lipinski definition) is 4. The molecular weight excluding hydrogens is 321 g/mol. The Balaban J connectivity index is 2.29. The van der Waals surface area contributed by atoms with Crippen molar-refractivity contribution in [1.82, 2.24) is 15.5 Å². The number of halogens is 1. The monoisotopic (exact) mass is 331 g/mol. The minimum absolute atomic E-state index is 0.779. The van der Waals surface area contributed by atoms with Gasteiger partial charge in [0.1, 0.15) is 10.0 Å². The third kappa shape index (κ3) is 2.73. The van der Waals surface area contributed by atoms with E-state index in [2.05, 4.69) is 56.3 Å². The van der Waals surface area contributed by atoms with E-state index in [9.17, 15) is 0 Å². The lowest BCUT2D eigenvalue weighted by Gasteiger charge is -1.95. The maximum atomic E-state index is 4.17. The highest BCUT2D eigenvalue weighted by atomic mass is 127. The van der Waals surface area contributed by atoms with Gasteiger partial charge in [0.2, 0.25) is 0 Å². The topological polar surface area (TPSA) is 37.8 Å². The summed E-state index contributed by atoms with van der Waals surface area (Å²) in [6.45, 7) is 0.779. The zero-order valence-corrected chi connectivity index (χ0v) is 11.2. The number of nitrogens with zero attached hydrogens (tertiary/aromatic N) is 2. The Kier molecular flexibility index (Phi) is 3.66. The molecule has 78 valence electrons. The second-order valence-electron chi connectivity index (χ2n) is 3.04. The van der Waals surface area contributed by atoms with Gasteiger partial charge in [0.25, 0.3) is 0 Å². The van der Waals surface area contributed by atoms with Crippen LogP contribution in [0.2, 0.25) is 0 Å². The summed E-state index contributed by atoms with van der Waals surface area (Å²) >= 11 is 3.93. The quantitative estimate of drug-likeness (QED) is 0.879. The molecule has 0 amide bonds. The lowest BCUT2D eigenvalue weighted by molar-refractivity contribution is 0.795. The maximum absolute atomic E-state index is 4.17. The van der Waals surface area contributed by atoms with E-state index >= 15 is 0 Å². The molecule has 0 unspecified atom stereocenters. The van der Waals surface area contributed by atoms with Crippen molar-refractivity contribution in [1.29, 1.82) is 0 Å². The normalized spacial score (nSPS) is 10.5. The number of rotatable bonds is 3. The van der Waals surface area contributed by atoms with Crippen molar-refractivity contribution < 1.29 is 0 Å². The van der Waals surface area contributed by atoms with Crippen LogP contribution in [0.15, 0.2) is 24.3 Å². The Morgan fingerprint density at radius 3 is 3.00 bits per heavy atom. The molecule has 0 aliphatic heterocycles. The molecule has 0 spiro atoms. The average molecular weight is 331 g/mol.